The van der Waals surface area contributed by atoms with Crippen molar-refractivity contribution in [2.75, 3.05) is 31.3 Å². The number of nitrogens with one attached hydrogen (secondary N) is 2. The minimum absolute atomic E-state index is 0.153. The molecule has 26 heavy (non-hydrogen) atoms. The highest BCUT2D eigenvalue weighted by Gasteiger charge is 2.14. The first-order chi connectivity index (χ1) is 12.4. The van der Waals surface area contributed by atoms with Gasteiger partial charge in [-0.25, -0.2) is 4.98 Å². The Morgan fingerprint density at radius 3 is 2.42 bits per heavy atom. The number of carbonyl (C=O) groups excluding carboxylic acids is 2. The monoisotopic (exact) mass is 351 g/mol. The van der Waals surface area contributed by atoms with Crippen LogP contribution in [0.15, 0.2) is 48.8 Å². The Hall–Kier alpha value is -3.19. The molecule has 0 atom stereocenters. The molecule has 3 rings (SSSR count). The van der Waals surface area contributed by atoms with Gasteiger partial charge >= 0.3 is 0 Å². The van der Waals surface area contributed by atoms with E-state index in [2.05, 4.69) is 15.6 Å². The summed E-state index contributed by atoms with van der Waals surface area (Å²) in [6.07, 6.45) is 3.53. The van der Waals surface area contributed by atoms with Crippen LogP contribution in [0.1, 0.15) is 16.1 Å². The first kappa shape index (κ1) is 17.6. The molecule has 0 aliphatic heterocycles. The minimum atomic E-state index is -0.331. The van der Waals surface area contributed by atoms with Crippen LogP contribution in [0.5, 0.6) is 0 Å². The number of likely N-dealkylation sites (N-methyl/N-ethyl adjacent to an activating group) is 1. The molecule has 0 spiro atoms. The number of aryl methyl sites for hydroxylation is 1. The second kappa shape index (κ2) is 7.37. The summed E-state index contributed by atoms with van der Waals surface area (Å²) in [5.41, 5.74) is 3.12. The number of amides is 2. The highest BCUT2D eigenvalue weighted by Crippen LogP contribution is 2.22. The second-order valence-corrected chi connectivity index (χ2v) is 6.33. The number of hydrogen-bond acceptors (Lipinski definition) is 4. The van der Waals surface area contributed by atoms with Gasteiger partial charge < -0.3 is 19.9 Å². The highest BCUT2D eigenvalue weighted by atomic mass is 16.2. The predicted molar refractivity (Wildman–Crippen MR) is 102 cm³/mol. The fraction of sp³-hybridized carbons (Fsp3) is 0.211. The van der Waals surface area contributed by atoms with Crippen molar-refractivity contribution in [3.8, 4) is 0 Å². The molecule has 3 aromatic rings. The second-order valence-electron chi connectivity index (χ2n) is 6.33. The Morgan fingerprint density at radius 2 is 1.77 bits per heavy atom. The number of fused-ring (bicyclic) bond motifs is 1. The summed E-state index contributed by atoms with van der Waals surface area (Å²) in [7, 11) is 3.64. The quantitative estimate of drug-likeness (QED) is 0.740. The van der Waals surface area contributed by atoms with Crippen LogP contribution in [-0.4, -0.2) is 46.7 Å². The van der Waals surface area contributed by atoms with Crippen molar-refractivity contribution in [1.82, 2.24) is 14.3 Å². The lowest BCUT2D eigenvalue weighted by atomic mass is 10.2. The van der Waals surface area contributed by atoms with Crippen molar-refractivity contribution >= 4 is 28.8 Å². The maximum atomic E-state index is 12.6. The maximum absolute atomic E-state index is 12.6. The molecule has 7 heteroatoms. The van der Waals surface area contributed by atoms with Gasteiger partial charge in [0.2, 0.25) is 5.91 Å². The molecule has 0 aliphatic rings. The fourth-order valence-corrected chi connectivity index (χ4v) is 2.63. The molecule has 0 aliphatic carbocycles. The van der Waals surface area contributed by atoms with Gasteiger partial charge in [-0.3, -0.25) is 9.59 Å². The van der Waals surface area contributed by atoms with Gasteiger partial charge in [-0.15, -0.1) is 0 Å². The topological polar surface area (TPSA) is 78.7 Å². The molecule has 2 N–H and O–H groups in total. The number of rotatable bonds is 5. The fourth-order valence-electron chi connectivity index (χ4n) is 2.63. The van der Waals surface area contributed by atoms with Crippen LogP contribution >= 0.6 is 0 Å². The number of para-hydroxylation sites is 2. The lowest BCUT2D eigenvalue weighted by Gasteiger charge is -2.13. The van der Waals surface area contributed by atoms with Gasteiger partial charge in [-0.1, -0.05) is 18.2 Å². The van der Waals surface area contributed by atoms with E-state index in [9.17, 15) is 9.59 Å². The Balaban J connectivity index is 1.80. The average Bonchev–Trinajstić information content (AvgIpc) is 3.02. The van der Waals surface area contributed by atoms with Gasteiger partial charge in [-0.2, -0.15) is 0 Å². The molecule has 0 bridgehead atoms. The first-order valence-electron chi connectivity index (χ1n) is 8.23. The number of nitrogens with zero attached hydrogens (tertiary/aromatic N) is 3. The lowest BCUT2D eigenvalue weighted by molar-refractivity contribution is -0.116. The standard InChI is InChI=1S/C19H21N5O2/c1-13-7-6-10-24-11-16(21-18(13)24)19(26)22-15-9-5-4-8-14(15)20-17(25)12-23(2)3/h4-11H,12H2,1-3H3,(H,20,25)(H,22,26). The first-order valence-corrected chi connectivity index (χ1v) is 8.23. The summed E-state index contributed by atoms with van der Waals surface area (Å²) < 4.78 is 1.81. The molecule has 2 heterocycles. The van der Waals surface area contributed by atoms with Gasteiger partial charge in [0.1, 0.15) is 11.3 Å². The summed E-state index contributed by atoms with van der Waals surface area (Å²) in [4.78, 5) is 30.8. The number of carbonyl (C=O) groups is 2. The lowest BCUT2D eigenvalue weighted by Crippen LogP contribution is -2.27. The molecule has 0 saturated heterocycles. The summed E-state index contributed by atoms with van der Waals surface area (Å²) >= 11 is 0. The molecule has 1 aromatic carbocycles. The van der Waals surface area contributed by atoms with Gasteiger partial charge in [0, 0.05) is 12.4 Å². The number of imidazole rings is 1. The molecule has 0 unspecified atom stereocenters. The Kier molecular flexibility index (Phi) is 4.99. The number of pyridine rings is 1. The van der Waals surface area contributed by atoms with Crippen LogP contribution in [0.4, 0.5) is 11.4 Å². The van der Waals surface area contributed by atoms with Crippen LogP contribution < -0.4 is 10.6 Å². The van der Waals surface area contributed by atoms with E-state index in [1.807, 2.05) is 43.7 Å². The van der Waals surface area contributed by atoms with Crippen LogP contribution in [0.2, 0.25) is 0 Å². The third-order valence-electron chi connectivity index (χ3n) is 3.82. The largest absolute Gasteiger partial charge is 0.323 e. The Morgan fingerprint density at radius 1 is 1.08 bits per heavy atom. The van der Waals surface area contributed by atoms with Crippen LogP contribution in [0.25, 0.3) is 5.65 Å². The molecule has 0 radical (unpaired) electrons. The zero-order valence-electron chi connectivity index (χ0n) is 15.0. The highest BCUT2D eigenvalue weighted by molar-refractivity contribution is 6.06. The Labute approximate surface area is 151 Å². The smallest absolute Gasteiger partial charge is 0.275 e. The van der Waals surface area contributed by atoms with E-state index in [1.165, 1.54) is 0 Å². The summed E-state index contributed by atoms with van der Waals surface area (Å²) in [6.45, 7) is 2.20. The summed E-state index contributed by atoms with van der Waals surface area (Å²) in [6, 6.07) is 10.9. The van der Waals surface area contributed by atoms with E-state index in [0.717, 1.165) is 11.2 Å². The van der Waals surface area contributed by atoms with E-state index >= 15 is 0 Å². The molecule has 2 aromatic heterocycles. The molecule has 7 nitrogen and oxygen atoms in total. The SMILES string of the molecule is Cc1cccn2cc(C(=O)Nc3ccccc3NC(=O)CN(C)C)nc12. The average molecular weight is 351 g/mol. The number of benzene rings is 1. The van der Waals surface area contributed by atoms with Crippen molar-refractivity contribution in [2.45, 2.75) is 6.92 Å². The number of hydrogen-bond donors (Lipinski definition) is 2. The molecular weight excluding hydrogens is 330 g/mol. The van der Waals surface area contributed by atoms with E-state index in [1.54, 1.807) is 35.4 Å². The van der Waals surface area contributed by atoms with Crippen molar-refractivity contribution < 1.29 is 9.59 Å². The maximum Gasteiger partial charge on any atom is 0.275 e. The normalized spacial score (nSPS) is 10.9. The summed E-state index contributed by atoms with van der Waals surface area (Å²) in [5, 5.41) is 5.64. The van der Waals surface area contributed by atoms with Gasteiger partial charge in [0.25, 0.3) is 5.91 Å². The molecule has 2 amide bonds. The Bertz CT molecular complexity index is 961. The predicted octanol–water partition coefficient (Wildman–Crippen LogP) is 2.40. The van der Waals surface area contributed by atoms with Gasteiger partial charge in [-0.05, 0) is 44.8 Å². The number of anilines is 2. The van der Waals surface area contributed by atoms with Gasteiger partial charge in [0.05, 0.1) is 17.9 Å². The summed E-state index contributed by atoms with van der Waals surface area (Å²) in [5.74, 6) is -0.484. The van der Waals surface area contributed by atoms with Crippen molar-refractivity contribution in [3.05, 3.63) is 60.0 Å². The molecule has 0 saturated carbocycles. The van der Waals surface area contributed by atoms with Crippen molar-refractivity contribution in [2.24, 2.45) is 0 Å². The number of aromatic nitrogens is 2. The molecule has 0 fully saturated rings. The minimum Gasteiger partial charge on any atom is -0.323 e. The molecular formula is C19H21N5O2. The van der Waals surface area contributed by atoms with E-state index < -0.39 is 0 Å². The van der Waals surface area contributed by atoms with Gasteiger partial charge in [0.15, 0.2) is 0 Å². The van der Waals surface area contributed by atoms with E-state index in [4.69, 9.17) is 0 Å². The molecule has 134 valence electrons. The third kappa shape index (κ3) is 3.89. The van der Waals surface area contributed by atoms with E-state index in [0.29, 0.717) is 17.1 Å². The van der Waals surface area contributed by atoms with Crippen LogP contribution in [-0.2, 0) is 4.79 Å². The third-order valence-corrected chi connectivity index (χ3v) is 3.82. The van der Waals surface area contributed by atoms with Crippen molar-refractivity contribution in [3.63, 3.8) is 0 Å². The zero-order valence-corrected chi connectivity index (χ0v) is 15.0. The van der Waals surface area contributed by atoms with Crippen LogP contribution in [0, 0.1) is 6.92 Å². The zero-order chi connectivity index (χ0) is 18.7. The van der Waals surface area contributed by atoms with Crippen molar-refractivity contribution in [1.29, 1.82) is 0 Å². The van der Waals surface area contributed by atoms with Crippen LogP contribution in [0.3, 0.4) is 0 Å². The van der Waals surface area contributed by atoms with E-state index in [-0.39, 0.29) is 18.4 Å².